The van der Waals surface area contributed by atoms with Crippen molar-refractivity contribution in [3.8, 4) is 0 Å². The summed E-state index contributed by atoms with van der Waals surface area (Å²) in [6, 6.07) is 7.10. The zero-order chi connectivity index (χ0) is 13.5. The smallest absolute Gasteiger partial charge is 0.180 e. The van der Waals surface area contributed by atoms with Gasteiger partial charge in [-0.25, -0.2) is 13.4 Å². The fraction of sp³-hybridized carbons (Fsp3) is 0.308. The first-order chi connectivity index (χ1) is 9.08. The number of benzene rings is 1. The lowest BCUT2D eigenvalue weighted by atomic mass is 10.1. The Morgan fingerprint density at radius 3 is 2.95 bits per heavy atom. The summed E-state index contributed by atoms with van der Waals surface area (Å²) >= 11 is 1.59. The van der Waals surface area contributed by atoms with E-state index in [-0.39, 0.29) is 11.8 Å². The van der Waals surface area contributed by atoms with Crippen LogP contribution in [0, 0.1) is 6.92 Å². The van der Waals surface area contributed by atoms with Gasteiger partial charge in [-0.3, -0.25) is 0 Å². The number of aromatic nitrogens is 1. The molecule has 1 aromatic carbocycles. The highest BCUT2D eigenvalue weighted by Crippen LogP contribution is 2.33. The number of nitrogens with one attached hydrogen (secondary N) is 1. The van der Waals surface area contributed by atoms with Crippen molar-refractivity contribution in [3.05, 3.63) is 45.9 Å². The number of aryl methyl sites for hydroxylation is 1. The highest BCUT2D eigenvalue weighted by atomic mass is 32.2. The summed E-state index contributed by atoms with van der Waals surface area (Å²) in [5.74, 6) is 0.143. The third-order valence-corrected chi connectivity index (χ3v) is 6.12. The van der Waals surface area contributed by atoms with E-state index >= 15 is 0 Å². The summed E-state index contributed by atoms with van der Waals surface area (Å²) < 4.78 is 24.1. The van der Waals surface area contributed by atoms with Crippen molar-refractivity contribution >= 4 is 21.2 Å². The average molecular weight is 294 g/mol. The Labute approximate surface area is 116 Å². The van der Waals surface area contributed by atoms with E-state index in [0.29, 0.717) is 11.4 Å². The number of sulfone groups is 1. The fourth-order valence-electron chi connectivity index (χ4n) is 2.33. The summed E-state index contributed by atoms with van der Waals surface area (Å²) in [5, 5.41) is 3.33. The van der Waals surface area contributed by atoms with Gasteiger partial charge in [-0.05, 0) is 18.6 Å². The SMILES string of the molecule is Cc1ncsc1CNC1CS(=O)(=O)c2ccccc21. The first kappa shape index (κ1) is 12.8. The summed E-state index contributed by atoms with van der Waals surface area (Å²) in [5.41, 5.74) is 3.70. The van der Waals surface area contributed by atoms with Gasteiger partial charge in [0.25, 0.3) is 0 Å². The molecule has 1 N–H and O–H groups in total. The van der Waals surface area contributed by atoms with E-state index in [2.05, 4.69) is 10.3 Å². The van der Waals surface area contributed by atoms with Crippen LogP contribution in [0.1, 0.15) is 22.2 Å². The second-order valence-corrected chi connectivity index (χ2v) is 7.56. The quantitative estimate of drug-likeness (QED) is 0.941. The standard InChI is InChI=1S/C13H14N2O2S2/c1-9-12(18-8-15-9)6-14-11-7-19(16,17)13-5-3-2-4-10(11)13/h2-5,8,11,14H,6-7H2,1H3. The van der Waals surface area contributed by atoms with Gasteiger partial charge in [0.15, 0.2) is 9.84 Å². The third-order valence-electron chi connectivity index (χ3n) is 3.37. The number of rotatable bonds is 3. The Morgan fingerprint density at radius 2 is 2.21 bits per heavy atom. The molecule has 0 radical (unpaired) electrons. The van der Waals surface area contributed by atoms with E-state index in [1.165, 1.54) is 0 Å². The summed E-state index contributed by atoms with van der Waals surface area (Å²) in [4.78, 5) is 5.82. The predicted octanol–water partition coefficient (Wildman–Crippen LogP) is 2.07. The van der Waals surface area contributed by atoms with Crippen LogP contribution in [0.4, 0.5) is 0 Å². The minimum Gasteiger partial charge on any atom is -0.304 e. The molecule has 0 fully saturated rings. The van der Waals surface area contributed by atoms with Gasteiger partial charge in [-0.1, -0.05) is 18.2 Å². The Hall–Kier alpha value is -1.24. The number of hydrogen-bond acceptors (Lipinski definition) is 5. The van der Waals surface area contributed by atoms with Crippen LogP contribution in [0.2, 0.25) is 0 Å². The van der Waals surface area contributed by atoms with E-state index in [1.54, 1.807) is 23.5 Å². The van der Waals surface area contributed by atoms with E-state index < -0.39 is 9.84 Å². The zero-order valence-electron chi connectivity index (χ0n) is 10.5. The van der Waals surface area contributed by atoms with Gasteiger partial charge in [0, 0.05) is 17.5 Å². The molecular weight excluding hydrogens is 280 g/mol. The minimum absolute atomic E-state index is 0.123. The Balaban J connectivity index is 1.83. The van der Waals surface area contributed by atoms with Crippen LogP contribution in [0.5, 0.6) is 0 Å². The normalized spacial score (nSPS) is 20.4. The molecule has 1 atom stereocenters. The first-order valence-electron chi connectivity index (χ1n) is 6.02. The Morgan fingerprint density at radius 1 is 1.42 bits per heavy atom. The molecule has 0 aliphatic carbocycles. The number of nitrogens with zero attached hydrogens (tertiary/aromatic N) is 1. The highest BCUT2D eigenvalue weighted by Gasteiger charge is 2.33. The van der Waals surface area contributed by atoms with Crippen molar-refractivity contribution in [3.63, 3.8) is 0 Å². The average Bonchev–Trinajstić information content (AvgIpc) is 2.90. The fourth-order valence-corrected chi connectivity index (χ4v) is 4.83. The van der Waals surface area contributed by atoms with E-state index in [0.717, 1.165) is 16.1 Å². The molecule has 1 aliphatic rings. The molecular formula is C13H14N2O2S2. The maximum atomic E-state index is 12.0. The van der Waals surface area contributed by atoms with Gasteiger partial charge in [0.2, 0.25) is 0 Å². The molecule has 1 unspecified atom stereocenters. The number of hydrogen-bond donors (Lipinski definition) is 1. The third kappa shape index (κ3) is 2.31. The molecule has 6 heteroatoms. The lowest BCUT2D eigenvalue weighted by Crippen LogP contribution is -2.22. The van der Waals surface area contributed by atoms with Gasteiger partial charge in [0.1, 0.15) is 0 Å². The number of thiazole rings is 1. The van der Waals surface area contributed by atoms with Crippen LogP contribution >= 0.6 is 11.3 Å². The minimum atomic E-state index is -3.13. The second-order valence-electron chi connectivity index (χ2n) is 4.61. The van der Waals surface area contributed by atoms with Gasteiger partial charge in [0.05, 0.1) is 21.9 Å². The van der Waals surface area contributed by atoms with Crippen LogP contribution in [0.15, 0.2) is 34.7 Å². The molecule has 0 saturated heterocycles. The molecule has 2 heterocycles. The maximum absolute atomic E-state index is 12.0. The van der Waals surface area contributed by atoms with Gasteiger partial charge in [-0.15, -0.1) is 11.3 Å². The summed E-state index contributed by atoms with van der Waals surface area (Å²) in [7, 11) is -3.13. The Bertz CT molecular complexity index is 707. The van der Waals surface area contributed by atoms with Crippen LogP contribution in [0.3, 0.4) is 0 Å². The van der Waals surface area contributed by atoms with E-state index in [4.69, 9.17) is 0 Å². The van der Waals surface area contributed by atoms with Crippen molar-refractivity contribution in [1.82, 2.24) is 10.3 Å². The van der Waals surface area contributed by atoms with Crippen molar-refractivity contribution in [2.24, 2.45) is 0 Å². The largest absolute Gasteiger partial charge is 0.304 e. The molecule has 19 heavy (non-hydrogen) atoms. The predicted molar refractivity (Wildman–Crippen MR) is 74.9 cm³/mol. The van der Waals surface area contributed by atoms with Crippen molar-refractivity contribution in [2.75, 3.05) is 5.75 Å². The molecule has 0 bridgehead atoms. The molecule has 0 amide bonds. The number of fused-ring (bicyclic) bond motifs is 1. The van der Waals surface area contributed by atoms with E-state index in [1.807, 2.05) is 24.6 Å². The molecule has 1 aromatic heterocycles. The molecule has 3 rings (SSSR count). The van der Waals surface area contributed by atoms with Crippen LogP contribution in [-0.2, 0) is 16.4 Å². The monoisotopic (exact) mass is 294 g/mol. The topological polar surface area (TPSA) is 59.1 Å². The van der Waals surface area contributed by atoms with Gasteiger partial charge < -0.3 is 5.32 Å². The first-order valence-corrected chi connectivity index (χ1v) is 8.55. The molecule has 1 aliphatic heterocycles. The van der Waals surface area contributed by atoms with Gasteiger partial charge in [-0.2, -0.15) is 0 Å². The zero-order valence-corrected chi connectivity index (χ0v) is 12.1. The Kier molecular flexibility index (Phi) is 3.16. The van der Waals surface area contributed by atoms with Crippen LogP contribution < -0.4 is 5.32 Å². The highest BCUT2D eigenvalue weighted by molar-refractivity contribution is 7.91. The lowest BCUT2D eigenvalue weighted by Gasteiger charge is -2.11. The van der Waals surface area contributed by atoms with Crippen LogP contribution in [0.25, 0.3) is 0 Å². The maximum Gasteiger partial charge on any atom is 0.180 e. The lowest BCUT2D eigenvalue weighted by molar-refractivity contribution is 0.568. The van der Waals surface area contributed by atoms with Crippen molar-refractivity contribution in [2.45, 2.75) is 24.4 Å². The molecule has 100 valence electrons. The van der Waals surface area contributed by atoms with Crippen molar-refractivity contribution in [1.29, 1.82) is 0 Å². The summed E-state index contributed by atoms with van der Waals surface area (Å²) in [6.07, 6.45) is 0. The molecule has 0 saturated carbocycles. The van der Waals surface area contributed by atoms with Crippen molar-refractivity contribution < 1.29 is 8.42 Å². The molecule has 0 spiro atoms. The summed E-state index contributed by atoms with van der Waals surface area (Å²) in [6.45, 7) is 2.62. The molecule has 4 nitrogen and oxygen atoms in total. The van der Waals surface area contributed by atoms with Gasteiger partial charge >= 0.3 is 0 Å². The van der Waals surface area contributed by atoms with E-state index in [9.17, 15) is 8.42 Å². The molecule has 2 aromatic rings. The van der Waals surface area contributed by atoms with Crippen LogP contribution in [-0.4, -0.2) is 19.2 Å². The second kappa shape index (κ2) is 4.70.